The van der Waals surface area contributed by atoms with E-state index >= 15 is 0 Å². The molecule has 0 unspecified atom stereocenters. The highest BCUT2D eigenvalue weighted by Gasteiger charge is 2.23. The van der Waals surface area contributed by atoms with Gasteiger partial charge in [-0.15, -0.1) is 0 Å². The van der Waals surface area contributed by atoms with Gasteiger partial charge in [-0.2, -0.15) is 0 Å². The second kappa shape index (κ2) is 8.41. The van der Waals surface area contributed by atoms with Crippen molar-refractivity contribution in [2.75, 3.05) is 37.7 Å². The summed E-state index contributed by atoms with van der Waals surface area (Å²) < 4.78 is 6.95. The monoisotopic (exact) mass is 433 g/mol. The van der Waals surface area contributed by atoms with Gasteiger partial charge in [-0.1, -0.05) is 6.07 Å². The van der Waals surface area contributed by atoms with Crippen LogP contribution < -0.4 is 10.5 Å². The molecule has 0 saturated carbocycles. The van der Waals surface area contributed by atoms with E-state index in [-0.39, 0.29) is 23.6 Å². The van der Waals surface area contributed by atoms with E-state index in [1.165, 1.54) is 0 Å². The Labute approximate surface area is 184 Å². The van der Waals surface area contributed by atoms with Gasteiger partial charge < -0.3 is 14.5 Å². The first kappa shape index (κ1) is 20.2. The molecule has 2 aliphatic rings. The molecule has 0 atom stereocenters. The fourth-order valence-electron chi connectivity index (χ4n) is 4.24. The molecule has 1 fully saturated rings. The first-order valence-corrected chi connectivity index (χ1v) is 10.7. The van der Waals surface area contributed by atoms with Crippen molar-refractivity contribution in [2.45, 2.75) is 19.4 Å². The quantitative estimate of drug-likeness (QED) is 0.571. The van der Waals surface area contributed by atoms with Crippen LogP contribution in [-0.2, 0) is 22.5 Å². The number of hydrogen-bond donors (Lipinski definition) is 0. The minimum atomic E-state index is -0.602. The van der Waals surface area contributed by atoms with Gasteiger partial charge in [0.2, 0.25) is 0 Å². The van der Waals surface area contributed by atoms with Crippen molar-refractivity contribution in [1.29, 1.82) is 0 Å². The van der Waals surface area contributed by atoms with Crippen molar-refractivity contribution < 1.29 is 14.3 Å². The smallest absolute Gasteiger partial charge is 0.338 e. The summed E-state index contributed by atoms with van der Waals surface area (Å²) in [7, 11) is 0. The van der Waals surface area contributed by atoms with Crippen LogP contribution >= 0.6 is 0 Å². The largest absolute Gasteiger partial charge is 0.452 e. The minimum absolute atomic E-state index is 0.0811. The standard InChI is InChI=1S/C23H23N5O4/c29-21(27-12-10-26(11-13-27)19-4-1-2-8-24-19)15-32-23(31)16-6-7-17-18(14-16)25-20-5-3-9-28(20)22(17)30/h1-2,4,6-8,14H,3,5,9-13,15H2. The Morgan fingerprint density at radius 2 is 1.88 bits per heavy atom. The van der Waals surface area contributed by atoms with E-state index in [9.17, 15) is 14.4 Å². The van der Waals surface area contributed by atoms with E-state index in [0.29, 0.717) is 43.6 Å². The van der Waals surface area contributed by atoms with Crippen LogP contribution in [0.15, 0.2) is 47.4 Å². The first-order valence-electron chi connectivity index (χ1n) is 10.7. The maximum absolute atomic E-state index is 12.6. The summed E-state index contributed by atoms with van der Waals surface area (Å²) in [5.41, 5.74) is 0.678. The van der Waals surface area contributed by atoms with Gasteiger partial charge in [-0.05, 0) is 36.8 Å². The lowest BCUT2D eigenvalue weighted by Gasteiger charge is -2.35. The Hall–Kier alpha value is -3.75. The van der Waals surface area contributed by atoms with Crippen LogP contribution in [0, 0.1) is 0 Å². The first-order chi connectivity index (χ1) is 15.6. The maximum atomic E-state index is 12.6. The molecule has 1 amide bonds. The predicted molar refractivity (Wildman–Crippen MR) is 118 cm³/mol. The summed E-state index contributed by atoms with van der Waals surface area (Å²) in [6, 6.07) is 10.5. The molecule has 2 aliphatic heterocycles. The molecular formula is C23H23N5O4. The number of fused-ring (bicyclic) bond motifs is 2. The lowest BCUT2D eigenvalue weighted by molar-refractivity contribution is -0.134. The number of amides is 1. The SMILES string of the molecule is O=C(OCC(=O)N1CCN(c2ccccn2)CC1)c1ccc2c(=O)n3c(nc2c1)CCC3. The summed E-state index contributed by atoms with van der Waals surface area (Å²) >= 11 is 0. The van der Waals surface area contributed by atoms with Gasteiger partial charge in [0.15, 0.2) is 6.61 Å². The highest BCUT2D eigenvalue weighted by molar-refractivity contribution is 5.95. The fraction of sp³-hybridized carbons (Fsp3) is 0.348. The lowest BCUT2D eigenvalue weighted by atomic mass is 10.1. The highest BCUT2D eigenvalue weighted by Crippen LogP contribution is 2.17. The second-order valence-corrected chi connectivity index (χ2v) is 7.95. The zero-order valence-electron chi connectivity index (χ0n) is 17.6. The number of rotatable bonds is 4. The lowest BCUT2D eigenvalue weighted by Crippen LogP contribution is -2.50. The number of nitrogens with zero attached hydrogens (tertiary/aromatic N) is 5. The van der Waals surface area contributed by atoms with Gasteiger partial charge in [0.05, 0.1) is 16.5 Å². The Morgan fingerprint density at radius 3 is 2.66 bits per heavy atom. The molecule has 5 rings (SSSR count). The third kappa shape index (κ3) is 3.81. The zero-order chi connectivity index (χ0) is 22.1. The molecule has 2 aromatic heterocycles. The molecule has 0 aliphatic carbocycles. The summed E-state index contributed by atoms with van der Waals surface area (Å²) in [6.07, 6.45) is 3.40. The van der Waals surface area contributed by atoms with Crippen LogP contribution in [-0.4, -0.2) is 64.1 Å². The molecule has 1 aromatic carbocycles. The van der Waals surface area contributed by atoms with Gasteiger partial charge in [-0.3, -0.25) is 14.2 Å². The van der Waals surface area contributed by atoms with Gasteiger partial charge in [-0.25, -0.2) is 14.8 Å². The Kier molecular flexibility index (Phi) is 5.30. The number of carbonyl (C=O) groups excluding carboxylic acids is 2. The summed E-state index contributed by atoms with van der Waals surface area (Å²) in [5.74, 6) is 0.804. The van der Waals surface area contributed by atoms with Gasteiger partial charge in [0.1, 0.15) is 11.6 Å². The van der Waals surface area contributed by atoms with Gasteiger partial charge >= 0.3 is 5.97 Å². The molecule has 9 nitrogen and oxygen atoms in total. The van der Waals surface area contributed by atoms with Gasteiger partial charge in [0, 0.05) is 45.3 Å². The van der Waals surface area contributed by atoms with Crippen LogP contribution in [0.25, 0.3) is 10.9 Å². The number of ether oxygens (including phenoxy) is 1. The summed E-state index contributed by atoms with van der Waals surface area (Å²) in [5, 5.41) is 0.481. The van der Waals surface area contributed by atoms with E-state index in [0.717, 1.165) is 24.5 Å². The number of carbonyl (C=O) groups is 2. The van der Waals surface area contributed by atoms with Crippen molar-refractivity contribution in [3.05, 3.63) is 64.3 Å². The van der Waals surface area contributed by atoms with Crippen molar-refractivity contribution in [1.82, 2.24) is 19.4 Å². The average Bonchev–Trinajstić information content (AvgIpc) is 3.31. The van der Waals surface area contributed by atoms with E-state index in [1.807, 2.05) is 18.2 Å². The van der Waals surface area contributed by atoms with Crippen molar-refractivity contribution in [3.8, 4) is 0 Å². The molecule has 164 valence electrons. The molecule has 9 heteroatoms. The van der Waals surface area contributed by atoms with Crippen LogP contribution in [0.5, 0.6) is 0 Å². The normalized spacial score (nSPS) is 15.6. The maximum Gasteiger partial charge on any atom is 0.338 e. The molecule has 3 aromatic rings. The van der Waals surface area contributed by atoms with Crippen molar-refractivity contribution in [3.63, 3.8) is 0 Å². The molecule has 1 saturated heterocycles. The van der Waals surface area contributed by atoms with E-state index in [2.05, 4.69) is 14.9 Å². The topological polar surface area (TPSA) is 97.6 Å². The van der Waals surface area contributed by atoms with Crippen LogP contribution in [0.4, 0.5) is 5.82 Å². The molecule has 0 bridgehead atoms. The van der Waals surface area contributed by atoms with E-state index in [1.54, 1.807) is 33.9 Å². The molecule has 32 heavy (non-hydrogen) atoms. The minimum Gasteiger partial charge on any atom is -0.452 e. The number of esters is 1. The predicted octanol–water partition coefficient (Wildman–Crippen LogP) is 1.24. The molecule has 4 heterocycles. The highest BCUT2D eigenvalue weighted by atomic mass is 16.5. The zero-order valence-corrected chi connectivity index (χ0v) is 17.6. The molecular weight excluding hydrogens is 410 g/mol. The number of aryl methyl sites for hydroxylation is 1. The third-order valence-corrected chi connectivity index (χ3v) is 5.98. The number of piperazine rings is 1. The number of pyridine rings is 1. The van der Waals surface area contributed by atoms with Gasteiger partial charge in [0.25, 0.3) is 11.5 Å². The molecule has 0 N–H and O–H groups in total. The Balaban J connectivity index is 1.19. The summed E-state index contributed by atoms with van der Waals surface area (Å²) in [6.45, 7) is 2.80. The number of benzene rings is 1. The van der Waals surface area contributed by atoms with Crippen LogP contribution in [0.1, 0.15) is 22.6 Å². The number of hydrogen-bond acceptors (Lipinski definition) is 7. The Morgan fingerprint density at radius 1 is 1.03 bits per heavy atom. The van der Waals surface area contributed by atoms with E-state index in [4.69, 9.17) is 4.74 Å². The third-order valence-electron chi connectivity index (χ3n) is 5.98. The second-order valence-electron chi connectivity index (χ2n) is 7.95. The van der Waals surface area contributed by atoms with Crippen LogP contribution in [0.2, 0.25) is 0 Å². The number of anilines is 1. The summed E-state index contributed by atoms with van der Waals surface area (Å²) in [4.78, 5) is 50.3. The van der Waals surface area contributed by atoms with Crippen molar-refractivity contribution in [2.24, 2.45) is 0 Å². The molecule has 0 radical (unpaired) electrons. The molecule has 0 spiro atoms. The average molecular weight is 433 g/mol. The van der Waals surface area contributed by atoms with Crippen LogP contribution in [0.3, 0.4) is 0 Å². The van der Waals surface area contributed by atoms with E-state index < -0.39 is 5.97 Å². The Bertz CT molecular complexity index is 1230. The fourth-order valence-corrected chi connectivity index (χ4v) is 4.24. The van der Waals surface area contributed by atoms with Crippen molar-refractivity contribution >= 4 is 28.6 Å². The number of aromatic nitrogens is 3.